The normalized spacial score (nSPS) is 15.1. The third-order valence-corrected chi connectivity index (χ3v) is 2.60. The Hall–Kier alpha value is -1.12. The molecule has 3 nitrogen and oxygen atoms in total. The van der Waals surface area contributed by atoms with Crippen LogP contribution >= 0.6 is 0 Å². The quantitative estimate of drug-likeness (QED) is 0.689. The predicted molar refractivity (Wildman–Crippen MR) is 49.9 cm³/mol. The van der Waals surface area contributed by atoms with E-state index in [1.54, 1.807) is 0 Å². The minimum absolute atomic E-state index is 0.268. The van der Waals surface area contributed by atoms with Crippen LogP contribution in [0.25, 0.3) is 0 Å². The maximum atomic E-state index is 11.5. The van der Waals surface area contributed by atoms with Crippen LogP contribution in [0, 0.1) is 0 Å². The minimum atomic E-state index is 0.268. The van der Waals surface area contributed by atoms with E-state index in [9.17, 15) is 4.79 Å². The number of rotatable bonds is 2. The molecule has 70 valence electrons. The van der Waals surface area contributed by atoms with E-state index in [-0.39, 0.29) is 5.78 Å². The zero-order valence-electron chi connectivity index (χ0n) is 8.13. The van der Waals surface area contributed by atoms with Gasteiger partial charge in [-0.3, -0.25) is 4.79 Å². The molecule has 0 atom stereocenters. The number of hydrogen-bond acceptors (Lipinski definition) is 2. The zero-order valence-corrected chi connectivity index (χ0v) is 8.13. The summed E-state index contributed by atoms with van der Waals surface area (Å²) >= 11 is 0. The van der Waals surface area contributed by atoms with Gasteiger partial charge in [0.1, 0.15) is 11.5 Å². The van der Waals surface area contributed by atoms with Crippen LogP contribution in [0.5, 0.6) is 0 Å². The number of fused-ring (bicyclic) bond motifs is 1. The molecule has 0 radical (unpaired) electrons. The largest absolute Gasteiger partial charge is 0.326 e. The standard InChI is InChI=1S/C10H14N2O/c1-3-9-11-7-5-6-8(13)10(7)12(9)4-2/h3-6H2,1-2H3. The van der Waals surface area contributed by atoms with Gasteiger partial charge in [-0.05, 0) is 13.3 Å². The van der Waals surface area contributed by atoms with Gasteiger partial charge in [-0.25, -0.2) is 4.98 Å². The Bertz CT molecular complexity index is 352. The molecule has 0 bridgehead atoms. The van der Waals surface area contributed by atoms with Gasteiger partial charge in [-0.15, -0.1) is 0 Å². The molecule has 0 aliphatic heterocycles. The minimum Gasteiger partial charge on any atom is -0.326 e. The summed E-state index contributed by atoms with van der Waals surface area (Å²) in [6, 6.07) is 0. The molecule has 1 aliphatic carbocycles. The van der Waals surface area contributed by atoms with E-state index in [4.69, 9.17) is 0 Å². The second-order valence-corrected chi connectivity index (χ2v) is 3.34. The van der Waals surface area contributed by atoms with E-state index in [0.29, 0.717) is 6.42 Å². The van der Waals surface area contributed by atoms with Gasteiger partial charge in [0.2, 0.25) is 0 Å². The summed E-state index contributed by atoms with van der Waals surface area (Å²) in [6.45, 7) is 5.00. The van der Waals surface area contributed by atoms with Crippen molar-refractivity contribution in [3.05, 3.63) is 17.2 Å². The first-order valence-electron chi connectivity index (χ1n) is 4.89. The molecule has 0 spiro atoms. The van der Waals surface area contributed by atoms with Crippen molar-refractivity contribution >= 4 is 5.78 Å². The summed E-state index contributed by atoms with van der Waals surface area (Å²) in [6.07, 6.45) is 2.41. The van der Waals surface area contributed by atoms with Gasteiger partial charge in [-0.2, -0.15) is 0 Å². The van der Waals surface area contributed by atoms with Gasteiger partial charge in [0, 0.05) is 19.4 Å². The molecule has 0 fully saturated rings. The molecule has 13 heavy (non-hydrogen) atoms. The molecule has 1 aromatic heterocycles. The Kier molecular flexibility index (Phi) is 1.94. The fourth-order valence-electron chi connectivity index (χ4n) is 2.00. The highest BCUT2D eigenvalue weighted by molar-refractivity contribution is 5.98. The van der Waals surface area contributed by atoms with Gasteiger partial charge in [0.15, 0.2) is 5.78 Å². The number of carbonyl (C=O) groups excluding carboxylic acids is 1. The van der Waals surface area contributed by atoms with E-state index < -0.39 is 0 Å². The number of aromatic nitrogens is 2. The second kappa shape index (κ2) is 2.98. The number of nitrogens with zero attached hydrogens (tertiary/aromatic N) is 2. The lowest BCUT2D eigenvalue weighted by atomic mass is 10.3. The van der Waals surface area contributed by atoms with E-state index in [0.717, 1.165) is 36.6 Å². The zero-order chi connectivity index (χ0) is 9.42. The van der Waals surface area contributed by atoms with Crippen LogP contribution < -0.4 is 0 Å². The Balaban J connectivity index is 2.56. The van der Waals surface area contributed by atoms with Gasteiger partial charge in [0.25, 0.3) is 0 Å². The first kappa shape index (κ1) is 8.48. The fraction of sp³-hybridized carbons (Fsp3) is 0.600. The van der Waals surface area contributed by atoms with E-state index in [1.165, 1.54) is 0 Å². The van der Waals surface area contributed by atoms with Crippen molar-refractivity contribution in [2.24, 2.45) is 0 Å². The van der Waals surface area contributed by atoms with Gasteiger partial charge in [0.05, 0.1) is 5.69 Å². The molecule has 1 aliphatic rings. The smallest absolute Gasteiger partial charge is 0.181 e. The van der Waals surface area contributed by atoms with Crippen LogP contribution in [0.15, 0.2) is 0 Å². The number of Topliss-reactive ketones (excluding diaryl/α,β-unsaturated/α-hetero) is 1. The Labute approximate surface area is 77.8 Å². The first-order chi connectivity index (χ1) is 6.27. The highest BCUT2D eigenvalue weighted by Crippen LogP contribution is 2.22. The van der Waals surface area contributed by atoms with Crippen LogP contribution in [0.1, 0.15) is 42.3 Å². The van der Waals surface area contributed by atoms with E-state index in [2.05, 4.69) is 23.4 Å². The molecule has 2 rings (SSSR count). The van der Waals surface area contributed by atoms with Gasteiger partial charge >= 0.3 is 0 Å². The van der Waals surface area contributed by atoms with E-state index in [1.807, 2.05) is 0 Å². The third kappa shape index (κ3) is 1.10. The number of hydrogen-bond donors (Lipinski definition) is 0. The number of aryl methyl sites for hydroxylation is 2. The predicted octanol–water partition coefficient (Wildman–Crippen LogP) is 1.59. The molecule has 1 aromatic rings. The summed E-state index contributed by atoms with van der Waals surface area (Å²) < 4.78 is 2.06. The number of imidazole rings is 1. The maximum absolute atomic E-state index is 11.5. The lowest BCUT2D eigenvalue weighted by molar-refractivity contribution is 0.0986. The number of carbonyl (C=O) groups is 1. The topological polar surface area (TPSA) is 34.9 Å². The van der Waals surface area contributed by atoms with Crippen molar-refractivity contribution in [1.82, 2.24) is 9.55 Å². The summed E-state index contributed by atoms with van der Waals surface area (Å²) in [7, 11) is 0. The molecule has 0 amide bonds. The van der Waals surface area contributed by atoms with Crippen LogP contribution in [-0.4, -0.2) is 15.3 Å². The molecule has 0 unspecified atom stereocenters. The summed E-state index contributed by atoms with van der Waals surface area (Å²) in [5.74, 6) is 1.32. The van der Waals surface area contributed by atoms with Crippen molar-refractivity contribution in [2.45, 2.75) is 39.7 Å². The van der Waals surface area contributed by atoms with Gasteiger partial charge < -0.3 is 4.57 Å². The van der Waals surface area contributed by atoms with Crippen LogP contribution in [0.3, 0.4) is 0 Å². The lowest BCUT2D eigenvalue weighted by Crippen LogP contribution is -2.08. The third-order valence-electron chi connectivity index (χ3n) is 2.60. The SMILES string of the molecule is CCc1nc2c(n1CC)C(=O)CC2. The van der Waals surface area contributed by atoms with Crippen LogP contribution in [0.2, 0.25) is 0 Å². The van der Waals surface area contributed by atoms with Crippen molar-refractivity contribution in [3.63, 3.8) is 0 Å². The average molecular weight is 178 g/mol. The first-order valence-corrected chi connectivity index (χ1v) is 4.89. The van der Waals surface area contributed by atoms with E-state index >= 15 is 0 Å². The monoisotopic (exact) mass is 178 g/mol. The molecule has 0 aromatic carbocycles. The molecule has 1 heterocycles. The van der Waals surface area contributed by atoms with Crippen LogP contribution in [-0.2, 0) is 19.4 Å². The van der Waals surface area contributed by atoms with Crippen LogP contribution in [0.4, 0.5) is 0 Å². The van der Waals surface area contributed by atoms with Crippen molar-refractivity contribution in [1.29, 1.82) is 0 Å². The van der Waals surface area contributed by atoms with Gasteiger partial charge in [-0.1, -0.05) is 6.92 Å². The molecular formula is C10H14N2O. The highest BCUT2D eigenvalue weighted by atomic mass is 16.1. The Morgan fingerprint density at radius 2 is 2.15 bits per heavy atom. The molecule has 0 N–H and O–H groups in total. The average Bonchev–Trinajstić information content (AvgIpc) is 2.65. The fourth-order valence-corrected chi connectivity index (χ4v) is 2.00. The van der Waals surface area contributed by atoms with Crippen molar-refractivity contribution in [2.75, 3.05) is 0 Å². The Morgan fingerprint density at radius 1 is 1.38 bits per heavy atom. The molecular weight excluding hydrogens is 164 g/mol. The second-order valence-electron chi connectivity index (χ2n) is 3.34. The Morgan fingerprint density at radius 3 is 2.77 bits per heavy atom. The number of ketones is 1. The lowest BCUT2D eigenvalue weighted by Gasteiger charge is -2.04. The summed E-state index contributed by atoms with van der Waals surface area (Å²) in [5, 5.41) is 0. The van der Waals surface area contributed by atoms with Crippen molar-refractivity contribution in [3.8, 4) is 0 Å². The summed E-state index contributed by atoms with van der Waals surface area (Å²) in [5.41, 5.74) is 1.89. The molecule has 0 saturated carbocycles. The molecule has 3 heteroatoms. The summed E-state index contributed by atoms with van der Waals surface area (Å²) in [4.78, 5) is 16.0. The highest BCUT2D eigenvalue weighted by Gasteiger charge is 2.26. The van der Waals surface area contributed by atoms with Crippen molar-refractivity contribution < 1.29 is 4.79 Å². The maximum Gasteiger partial charge on any atom is 0.181 e. The molecule has 0 saturated heterocycles.